The minimum Gasteiger partial charge on any atom is -0.485 e. The Morgan fingerprint density at radius 2 is 1.68 bits per heavy atom. The molecule has 1 aliphatic heterocycles. The van der Waals surface area contributed by atoms with Crippen LogP contribution in [0.4, 0.5) is 0 Å². The molecule has 0 saturated carbocycles. The number of rotatable bonds is 4. The van der Waals surface area contributed by atoms with Gasteiger partial charge >= 0.3 is 5.97 Å². The van der Waals surface area contributed by atoms with Crippen molar-refractivity contribution in [2.24, 2.45) is 5.16 Å². The summed E-state index contributed by atoms with van der Waals surface area (Å²) < 4.78 is 8.14. The number of carbonyl (C=O) groups is 3. The van der Waals surface area contributed by atoms with Gasteiger partial charge in [-0.2, -0.15) is 0 Å². The van der Waals surface area contributed by atoms with Crippen LogP contribution in [0.15, 0.2) is 78.0 Å². The highest BCUT2D eigenvalue weighted by Crippen LogP contribution is 2.40. The molecule has 2 heterocycles. The van der Waals surface area contributed by atoms with Crippen LogP contribution in [0, 0.1) is 0 Å². The summed E-state index contributed by atoms with van der Waals surface area (Å²) in [6, 6.07) is 22.9. The molecule has 0 atom stereocenters. The Labute approximate surface area is 211 Å². The quantitative estimate of drug-likeness (QED) is 0.183. The van der Waals surface area contributed by atoms with Gasteiger partial charge in [-0.25, -0.2) is 4.79 Å². The highest BCUT2D eigenvalue weighted by atomic mass is 16.7. The average molecular weight is 491 g/mol. The smallest absolute Gasteiger partial charge is 0.331 e. The Bertz CT molecular complexity index is 1810. The highest BCUT2D eigenvalue weighted by Gasteiger charge is 2.29. The number of ketones is 2. The molecule has 0 radical (unpaired) electrons. The number of aryl methyl sites for hydroxylation is 1. The molecule has 6 rings (SSSR count). The first-order chi connectivity index (χ1) is 18.0. The van der Waals surface area contributed by atoms with Crippen LogP contribution < -0.4 is 4.74 Å². The summed E-state index contributed by atoms with van der Waals surface area (Å²) in [6.07, 6.45) is 0. The lowest BCUT2D eigenvalue weighted by molar-refractivity contribution is -0.140. The third-order valence-corrected chi connectivity index (χ3v) is 6.72. The third kappa shape index (κ3) is 3.67. The van der Waals surface area contributed by atoms with Crippen LogP contribution in [-0.2, 0) is 16.2 Å². The van der Waals surface area contributed by atoms with E-state index in [1.807, 2.05) is 73.7 Å². The van der Waals surface area contributed by atoms with Crippen molar-refractivity contribution < 1.29 is 24.0 Å². The summed E-state index contributed by atoms with van der Waals surface area (Å²) in [5, 5.41) is 7.33. The van der Waals surface area contributed by atoms with E-state index in [1.165, 1.54) is 6.92 Å². The normalized spacial score (nSPS) is 14.2. The van der Waals surface area contributed by atoms with Crippen LogP contribution in [0.25, 0.3) is 32.6 Å². The van der Waals surface area contributed by atoms with Gasteiger partial charge in [-0.1, -0.05) is 41.6 Å². The van der Waals surface area contributed by atoms with Crippen molar-refractivity contribution in [3.63, 3.8) is 0 Å². The van der Waals surface area contributed by atoms with Gasteiger partial charge in [0.15, 0.2) is 11.5 Å². The summed E-state index contributed by atoms with van der Waals surface area (Å²) in [7, 11) is 0. The standard InChI is InChI=1S/C30H22N2O5/c1-3-32-25-12-10-21(28(34)20-9-8-18-6-4-5-7-19(18)14-20)15-23(25)27-26(32)13-11-22-29(35)24(16-36-30(22)27)31-37-17(2)33/h4-15H,3,16H2,1-2H3/b31-24+. The van der Waals surface area contributed by atoms with E-state index in [1.54, 1.807) is 6.07 Å². The van der Waals surface area contributed by atoms with Gasteiger partial charge in [-0.3, -0.25) is 9.59 Å². The number of nitrogens with zero attached hydrogens (tertiary/aromatic N) is 2. The van der Waals surface area contributed by atoms with Gasteiger partial charge in [0.2, 0.25) is 5.78 Å². The maximum atomic E-state index is 13.5. The van der Waals surface area contributed by atoms with Crippen LogP contribution >= 0.6 is 0 Å². The second kappa shape index (κ2) is 8.71. The van der Waals surface area contributed by atoms with Crippen molar-refractivity contribution >= 4 is 55.8 Å². The lowest BCUT2D eigenvalue weighted by Gasteiger charge is -2.18. The van der Waals surface area contributed by atoms with Crippen LogP contribution in [0.2, 0.25) is 0 Å². The van der Waals surface area contributed by atoms with Crippen molar-refractivity contribution in [3.8, 4) is 5.75 Å². The van der Waals surface area contributed by atoms with E-state index in [9.17, 15) is 14.4 Å². The summed E-state index contributed by atoms with van der Waals surface area (Å²) in [5.41, 5.74) is 3.36. The molecule has 0 unspecified atom stereocenters. The highest BCUT2D eigenvalue weighted by molar-refractivity contribution is 6.48. The fourth-order valence-corrected chi connectivity index (χ4v) is 5.02. The number of fused-ring (bicyclic) bond motifs is 6. The fourth-order valence-electron chi connectivity index (χ4n) is 5.02. The van der Waals surface area contributed by atoms with Crippen molar-refractivity contribution in [2.75, 3.05) is 6.61 Å². The monoisotopic (exact) mass is 490 g/mol. The lowest BCUT2D eigenvalue weighted by atomic mass is 9.97. The van der Waals surface area contributed by atoms with Crippen molar-refractivity contribution in [1.82, 2.24) is 4.57 Å². The minimum atomic E-state index is -0.615. The molecule has 1 aliphatic rings. The predicted octanol–water partition coefficient (Wildman–Crippen LogP) is 5.69. The van der Waals surface area contributed by atoms with E-state index in [-0.39, 0.29) is 23.9 Å². The van der Waals surface area contributed by atoms with Crippen molar-refractivity contribution in [1.29, 1.82) is 0 Å². The molecule has 5 aromatic rings. The van der Waals surface area contributed by atoms with Crippen molar-refractivity contribution in [3.05, 3.63) is 89.5 Å². The summed E-state index contributed by atoms with van der Waals surface area (Å²) >= 11 is 0. The molecule has 0 fully saturated rings. The number of aromatic nitrogens is 1. The first-order valence-electron chi connectivity index (χ1n) is 12.0. The Morgan fingerprint density at radius 3 is 2.46 bits per heavy atom. The fraction of sp³-hybridized carbons (Fsp3) is 0.133. The SMILES string of the molecule is CCn1c2ccc(C(=O)c3ccc4ccccc4c3)cc2c2c3c(ccc21)C(=O)/C(=N/OC(C)=O)CO3. The van der Waals surface area contributed by atoms with Crippen LogP contribution in [-0.4, -0.2) is 34.4 Å². The zero-order valence-corrected chi connectivity index (χ0v) is 20.3. The second-order valence-corrected chi connectivity index (χ2v) is 8.94. The predicted molar refractivity (Wildman–Crippen MR) is 142 cm³/mol. The number of oxime groups is 1. The van der Waals surface area contributed by atoms with Crippen molar-refractivity contribution in [2.45, 2.75) is 20.4 Å². The molecule has 7 nitrogen and oxygen atoms in total. The number of Topliss-reactive ketones (excluding diaryl/α,β-unsaturated/α-hetero) is 1. The molecule has 1 aromatic heterocycles. The Morgan fingerprint density at radius 1 is 0.946 bits per heavy atom. The number of benzene rings is 4. The van der Waals surface area contributed by atoms with Gasteiger partial charge in [-0.05, 0) is 54.1 Å². The summed E-state index contributed by atoms with van der Waals surface area (Å²) in [6.45, 7) is 3.84. The molecule has 0 aliphatic carbocycles. The van der Waals surface area contributed by atoms with Gasteiger partial charge in [0.1, 0.15) is 12.4 Å². The van der Waals surface area contributed by atoms with E-state index >= 15 is 0 Å². The third-order valence-electron chi connectivity index (χ3n) is 6.72. The van der Waals surface area contributed by atoms with E-state index in [2.05, 4.69) is 14.6 Å². The topological polar surface area (TPSA) is 87.0 Å². The Balaban J connectivity index is 1.50. The molecule has 182 valence electrons. The molecular formula is C30H22N2O5. The van der Waals surface area contributed by atoms with Crippen LogP contribution in [0.5, 0.6) is 5.75 Å². The molecule has 0 saturated heterocycles. The van der Waals surface area contributed by atoms with E-state index in [0.717, 1.165) is 32.6 Å². The maximum Gasteiger partial charge on any atom is 0.331 e. The number of ether oxygens (including phenoxy) is 1. The molecular weight excluding hydrogens is 468 g/mol. The van der Waals surface area contributed by atoms with Crippen LogP contribution in [0.3, 0.4) is 0 Å². The molecule has 4 aromatic carbocycles. The minimum absolute atomic E-state index is 0.0217. The maximum absolute atomic E-state index is 13.5. The Hall–Kier alpha value is -4.78. The zero-order chi connectivity index (χ0) is 25.7. The van der Waals surface area contributed by atoms with Gasteiger partial charge in [-0.15, -0.1) is 0 Å². The number of hydrogen-bond acceptors (Lipinski definition) is 6. The number of carbonyl (C=O) groups excluding carboxylic acids is 3. The first kappa shape index (κ1) is 22.7. The first-order valence-corrected chi connectivity index (χ1v) is 12.0. The van der Waals surface area contributed by atoms with E-state index in [4.69, 9.17) is 4.74 Å². The molecule has 0 N–H and O–H groups in total. The second-order valence-electron chi connectivity index (χ2n) is 8.94. The average Bonchev–Trinajstić information content (AvgIpc) is 3.25. The molecule has 0 bridgehead atoms. The summed E-state index contributed by atoms with van der Waals surface area (Å²) in [5.74, 6) is -0.610. The summed E-state index contributed by atoms with van der Waals surface area (Å²) in [4.78, 5) is 42.4. The molecule has 0 spiro atoms. The molecule has 37 heavy (non-hydrogen) atoms. The lowest BCUT2D eigenvalue weighted by Crippen LogP contribution is -2.28. The van der Waals surface area contributed by atoms with Gasteiger partial charge in [0.25, 0.3) is 0 Å². The molecule has 7 heteroatoms. The van der Waals surface area contributed by atoms with Gasteiger partial charge in [0.05, 0.1) is 16.5 Å². The van der Waals surface area contributed by atoms with Gasteiger partial charge in [0, 0.05) is 35.5 Å². The van der Waals surface area contributed by atoms with E-state index in [0.29, 0.717) is 29.0 Å². The van der Waals surface area contributed by atoms with E-state index < -0.39 is 5.97 Å². The zero-order valence-electron chi connectivity index (χ0n) is 20.3. The number of hydrogen-bond donors (Lipinski definition) is 0. The van der Waals surface area contributed by atoms with Gasteiger partial charge < -0.3 is 14.1 Å². The Kier molecular flexibility index (Phi) is 5.34. The largest absolute Gasteiger partial charge is 0.485 e. The molecule has 0 amide bonds. The van der Waals surface area contributed by atoms with Crippen LogP contribution in [0.1, 0.15) is 40.1 Å².